The summed E-state index contributed by atoms with van der Waals surface area (Å²) in [6.07, 6.45) is 8.45. The highest BCUT2D eigenvalue weighted by Gasteiger charge is 2.24. The van der Waals surface area contributed by atoms with Crippen molar-refractivity contribution in [2.24, 2.45) is 11.8 Å². The molecule has 18 heavy (non-hydrogen) atoms. The molecule has 5 heteroatoms. The molecule has 1 aliphatic carbocycles. The summed E-state index contributed by atoms with van der Waals surface area (Å²) >= 11 is 6.03. The predicted molar refractivity (Wildman–Crippen MR) is 73.2 cm³/mol. The van der Waals surface area contributed by atoms with Crippen LogP contribution < -0.4 is 10.1 Å². The van der Waals surface area contributed by atoms with Gasteiger partial charge in [-0.15, -0.1) is 11.6 Å². The Hall–Kier alpha value is -1.03. The normalized spacial score (nSPS) is 23.7. The molecule has 1 saturated carbocycles. The van der Waals surface area contributed by atoms with Crippen LogP contribution in [0.3, 0.4) is 0 Å². The molecule has 100 valence electrons. The van der Waals surface area contributed by atoms with Crippen LogP contribution in [0.1, 0.15) is 25.7 Å². The SMILES string of the molecule is COc1cncc(NCC2CCCCC2CCl)n1. The number of nitrogens with one attached hydrogen (secondary N) is 1. The second-order valence-electron chi connectivity index (χ2n) is 4.79. The van der Waals surface area contributed by atoms with Crippen LogP contribution in [0.4, 0.5) is 5.82 Å². The largest absolute Gasteiger partial charge is 0.480 e. The van der Waals surface area contributed by atoms with E-state index in [4.69, 9.17) is 16.3 Å². The lowest BCUT2D eigenvalue weighted by Crippen LogP contribution is -2.27. The quantitative estimate of drug-likeness (QED) is 0.835. The number of aromatic nitrogens is 2. The van der Waals surface area contributed by atoms with Gasteiger partial charge in [-0.2, -0.15) is 4.98 Å². The minimum atomic E-state index is 0.539. The average molecular weight is 270 g/mol. The molecule has 1 aromatic rings. The molecule has 2 atom stereocenters. The summed E-state index contributed by atoms with van der Waals surface area (Å²) in [6.45, 7) is 0.916. The van der Waals surface area contributed by atoms with Crippen molar-refractivity contribution >= 4 is 17.4 Å². The Balaban J connectivity index is 1.89. The third-order valence-electron chi connectivity index (χ3n) is 3.63. The first-order chi connectivity index (χ1) is 8.83. The minimum absolute atomic E-state index is 0.539. The number of methoxy groups -OCH3 is 1. The van der Waals surface area contributed by atoms with E-state index in [1.54, 1.807) is 19.5 Å². The molecule has 2 unspecified atom stereocenters. The fraction of sp³-hybridized carbons (Fsp3) is 0.692. The summed E-state index contributed by atoms with van der Waals surface area (Å²) in [6, 6.07) is 0. The third-order valence-corrected chi connectivity index (χ3v) is 4.03. The van der Waals surface area contributed by atoms with Crippen LogP contribution in [0.15, 0.2) is 12.4 Å². The van der Waals surface area contributed by atoms with Crippen LogP contribution in [0, 0.1) is 11.8 Å². The molecule has 1 heterocycles. The highest BCUT2D eigenvalue weighted by atomic mass is 35.5. The zero-order valence-electron chi connectivity index (χ0n) is 10.7. The van der Waals surface area contributed by atoms with Crippen molar-refractivity contribution in [3.63, 3.8) is 0 Å². The van der Waals surface area contributed by atoms with Crippen molar-refractivity contribution in [2.75, 3.05) is 24.9 Å². The first-order valence-electron chi connectivity index (χ1n) is 6.49. The summed E-state index contributed by atoms with van der Waals surface area (Å²) in [5.74, 6) is 3.34. The van der Waals surface area contributed by atoms with Gasteiger partial charge in [0, 0.05) is 12.4 Å². The van der Waals surface area contributed by atoms with Gasteiger partial charge in [0.2, 0.25) is 5.88 Å². The number of ether oxygens (including phenoxy) is 1. The second-order valence-corrected chi connectivity index (χ2v) is 5.10. The number of anilines is 1. The number of hydrogen-bond donors (Lipinski definition) is 1. The van der Waals surface area contributed by atoms with Gasteiger partial charge in [0.15, 0.2) is 0 Å². The van der Waals surface area contributed by atoms with Gasteiger partial charge in [-0.05, 0) is 24.7 Å². The molecular weight excluding hydrogens is 250 g/mol. The molecule has 1 N–H and O–H groups in total. The zero-order chi connectivity index (χ0) is 12.8. The first-order valence-corrected chi connectivity index (χ1v) is 7.02. The first kappa shape index (κ1) is 13.4. The molecule has 0 aliphatic heterocycles. The van der Waals surface area contributed by atoms with E-state index in [1.165, 1.54) is 25.7 Å². The van der Waals surface area contributed by atoms with Gasteiger partial charge in [0.05, 0.1) is 19.5 Å². The van der Waals surface area contributed by atoms with Crippen LogP contribution in [-0.2, 0) is 0 Å². The molecule has 4 nitrogen and oxygen atoms in total. The summed E-state index contributed by atoms with van der Waals surface area (Å²) in [4.78, 5) is 8.38. The lowest BCUT2D eigenvalue weighted by molar-refractivity contribution is 0.272. The van der Waals surface area contributed by atoms with Crippen molar-refractivity contribution in [2.45, 2.75) is 25.7 Å². The van der Waals surface area contributed by atoms with Crippen LogP contribution in [0.5, 0.6) is 5.88 Å². The van der Waals surface area contributed by atoms with E-state index in [1.807, 2.05) is 0 Å². The summed E-state index contributed by atoms with van der Waals surface area (Å²) in [7, 11) is 1.60. The van der Waals surface area contributed by atoms with Crippen molar-refractivity contribution < 1.29 is 4.74 Å². The maximum Gasteiger partial charge on any atom is 0.233 e. The summed E-state index contributed by atoms with van der Waals surface area (Å²) < 4.78 is 5.05. The molecule has 0 aromatic carbocycles. The summed E-state index contributed by atoms with van der Waals surface area (Å²) in [5.41, 5.74) is 0. The molecule has 0 amide bonds. The van der Waals surface area contributed by atoms with Gasteiger partial charge >= 0.3 is 0 Å². The van der Waals surface area contributed by atoms with Crippen LogP contribution in [0.2, 0.25) is 0 Å². The molecule has 1 aromatic heterocycles. The maximum atomic E-state index is 6.03. The highest BCUT2D eigenvalue weighted by molar-refractivity contribution is 6.18. The Morgan fingerprint density at radius 2 is 2.11 bits per heavy atom. The Morgan fingerprint density at radius 1 is 1.33 bits per heavy atom. The molecule has 0 radical (unpaired) electrons. The Morgan fingerprint density at radius 3 is 2.83 bits per heavy atom. The predicted octanol–water partition coefficient (Wildman–Crippen LogP) is 2.94. The molecule has 1 aliphatic rings. The van der Waals surface area contributed by atoms with Gasteiger partial charge in [-0.25, -0.2) is 0 Å². The van der Waals surface area contributed by atoms with Gasteiger partial charge in [-0.1, -0.05) is 12.8 Å². The number of alkyl halides is 1. The van der Waals surface area contributed by atoms with Gasteiger partial charge in [0.1, 0.15) is 5.82 Å². The van der Waals surface area contributed by atoms with Crippen molar-refractivity contribution in [3.05, 3.63) is 12.4 Å². The molecular formula is C13H20ClN3O. The van der Waals surface area contributed by atoms with Crippen molar-refractivity contribution in [3.8, 4) is 5.88 Å². The number of halogens is 1. The smallest absolute Gasteiger partial charge is 0.233 e. The topological polar surface area (TPSA) is 47.0 Å². The third kappa shape index (κ3) is 3.48. The highest BCUT2D eigenvalue weighted by Crippen LogP contribution is 2.30. The fourth-order valence-corrected chi connectivity index (χ4v) is 2.93. The number of hydrogen-bond acceptors (Lipinski definition) is 4. The van der Waals surface area contributed by atoms with Gasteiger partial charge in [0.25, 0.3) is 0 Å². The molecule has 1 fully saturated rings. The van der Waals surface area contributed by atoms with E-state index >= 15 is 0 Å². The van der Waals surface area contributed by atoms with Crippen LogP contribution >= 0.6 is 11.6 Å². The standard InChI is InChI=1S/C13H20ClN3O/c1-18-13-9-15-8-12(17-13)16-7-11-5-3-2-4-10(11)6-14/h8-11H,2-7H2,1H3,(H,16,17). The molecule has 0 bridgehead atoms. The van der Waals surface area contributed by atoms with Crippen molar-refractivity contribution in [1.82, 2.24) is 9.97 Å². The van der Waals surface area contributed by atoms with Gasteiger partial charge in [-0.3, -0.25) is 4.98 Å². The van der Waals surface area contributed by atoms with Gasteiger partial charge < -0.3 is 10.1 Å². The van der Waals surface area contributed by atoms with Crippen molar-refractivity contribution in [1.29, 1.82) is 0 Å². The monoisotopic (exact) mass is 269 g/mol. The fourth-order valence-electron chi connectivity index (χ4n) is 2.52. The Bertz CT molecular complexity index is 375. The van der Waals surface area contributed by atoms with E-state index in [0.717, 1.165) is 18.2 Å². The lowest BCUT2D eigenvalue weighted by Gasteiger charge is -2.30. The van der Waals surface area contributed by atoms with E-state index in [0.29, 0.717) is 17.7 Å². The zero-order valence-corrected chi connectivity index (χ0v) is 11.5. The van der Waals surface area contributed by atoms with Crippen LogP contribution in [-0.4, -0.2) is 29.5 Å². The number of rotatable bonds is 5. The minimum Gasteiger partial charge on any atom is -0.480 e. The maximum absolute atomic E-state index is 6.03. The molecule has 2 rings (SSSR count). The second kappa shape index (κ2) is 6.78. The molecule has 0 spiro atoms. The summed E-state index contributed by atoms with van der Waals surface area (Å²) in [5, 5.41) is 3.34. The average Bonchev–Trinajstić information content (AvgIpc) is 2.45. The Kier molecular flexibility index (Phi) is 5.05. The van der Waals surface area contributed by atoms with E-state index in [9.17, 15) is 0 Å². The van der Waals surface area contributed by atoms with E-state index < -0.39 is 0 Å². The number of nitrogens with zero attached hydrogens (tertiary/aromatic N) is 2. The lowest BCUT2D eigenvalue weighted by atomic mass is 9.80. The Labute approximate surface area is 113 Å². The molecule has 0 saturated heterocycles. The van der Waals surface area contributed by atoms with Crippen LogP contribution in [0.25, 0.3) is 0 Å². The van der Waals surface area contributed by atoms with E-state index in [-0.39, 0.29) is 0 Å². The van der Waals surface area contributed by atoms with E-state index in [2.05, 4.69) is 15.3 Å².